The first-order valence-electron chi connectivity index (χ1n) is 6.95. The predicted octanol–water partition coefficient (Wildman–Crippen LogP) is 4.23. The summed E-state index contributed by atoms with van der Waals surface area (Å²) in [6.45, 7) is 7.24. The van der Waals surface area contributed by atoms with Crippen LogP contribution in [0.25, 0.3) is 5.70 Å². The molecule has 0 aromatic carbocycles. The Morgan fingerprint density at radius 3 is 2.64 bits per heavy atom. The van der Waals surface area contributed by atoms with Gasteiger partial charge in [-0.25, -0.2) is 0 Å². The SMILES string of the molecule is C.CSc1c(Cl)c(C2=C(C)C=C(C)C3=NC(C)CN32)nn1C. The summed E-state index contributed by atoms with van der Waals surface area (Å²) in [7, 11) is 1.93. The van der Waals surface area contributed by atoms with E-state index in [1.807, 2.05) is 18.0 Å². The number of aromatic nitrogens is 2. The normalized spacial score (nSPS) is 20.6. The lowest BCUT2D eigenvalue weighted by Crippen LogP contribution is -2.31. The molecule has 0 N–H and O–H groups in total. The molecule has 120 valence electrons. The molecule has 22 heavy (non-hydrogen) atoms. The van der Waals surface area contributed by atoms with Crippen molar-refractivity contribution in [3.05, 3.63) is 27.9 Å². The molecule has 3 heterocycles. The minimum Gasteiger partial charge on any atom is -0.322 e. The number of allylic oxidation sites excluding steroid dienone is 2. The minimum atomic E-state index is 0. The van der Waals surface area contributed by atoms with Gasteiger partial charge in [-0.3, -0.25) is 9.67 Å². The van der Waals surface area contributed by atoms with E-state index in [2.05, 4.69) is 36.8 Å². The Balaban J connectivity index is 0.00000176. The van der Waals surface area contributed by atoms with E-state index in [9.17, 15) is 0 Å². The molecule has 0 radical (unpaired) electrons. The van der Waals surface area contributed by atoms with E-state index in [0.29, 0.717) is 6.04 Å². The fourth-order valence-corrected chi connectivity index (χ4v) is 4.08. The standard InChI is InChI=1S/C15H19ClN4S.CH4/c1-8-6-9(2)14-17-10(3)7-20(14)13(8)12-11(16)15(21-5)19(4)18-12;/h6,10H,7H2,1-5H3;1H4. The van der Waals surface area contributed by atoms with Gasteiger partial charge in [0.2, 0.25) is 0 Å². The molecule has 1 atom stereocenters. The van der Waals surface area contributed by atoms with Crippen LogP contribution in [0.3, 0.4) is 0 Å². The van der Waals surface area contributed by atoms with Gasteiger partial charge < -0.3 is 4.90 Å². The van der Waals surface area contributed by atoms with Gasteiger partial charge in [0.25, 0.3) is 0 Å². The van der Waals surface area contributed by atoms with Crippen molar-refractivity contribution in [1.82, 2.24) is 14.7 Å². The molecule has 4 nitrogen and oxygen atoms in total. The lowest BCUT2D eigenvalue weighted by Gasteiger charge is -2.28. The van der Waals surface area contributed by atoms with Crippen LogP contribution in [0.2, 0.25) is 5.02 Å². The highest BCUT2D eigenvalue weighted by Crippen LogP contribution is 2.39. The smallest absolute Gasteiger partial charge is 0.131 e. The molecule has 0 fully saturated rings. The van der Waals surface area contributed by atoms with Crippen LogP contribution in [0.1, 0.15) is 33.9 Å². The first-order chi connectivity index (χ1) is 9.93. The molecule has 0 amide bonds. The molecule has 0 spiro atoms. The number of fused-ring (bicyclic) bond motifs is 1. The highest BCUT2D eigenvalue weighted by Gasteiger charge is 2.33. The van der Waals surface area contributed by atoms with Crippen molar-refractivity contribution >= 4 is 34.9 Å². The van der Waals surface area contributed by atoms with E-state index < -0.39 is 0 Å². The fourth-order valence-electron chi connectivity index (χ4n) is 3.02. The van der Waals surface area contributed by atoms with Crippen LogP contribution in [-0.4, -0.2) is 39.4 Å². The number of aliphatic imine (C=N–C) groups is 1. The third-order valence-corrected chi connectivity index (χ3v) is 5.16. The van der Waals surface area contributed by atoms with Gasteiger partial charge in [-0.1, -0.05) is 25.1 Å². The minimum absolute atomic E-state index is 0. The van der Waals surface area contributed by atoms with Crippen molar-refractivity contribution in [2.45, 2.75) is 39.3 Å². The van der Waals surface area contributed by atoms with Gasteiger partial charge in [0.15, 0.2) is 0 Å². The molecular weight excluding hydrogens is 316 g/mol. The summed E-state index contributed by atoms with van der Waals surface area (Å²) < 4.78 is 1.85. The third-order valence-electron chi connectivity index (χ3n) is 3.83. The van der Waals surface area contributed by atoms with Crippen molar-refractivity contribution < 1.29 is 0 Å². The molecular formula is C16H23ClN4S. The number of halogens is 1. The van der Waals surface area contributed by atoms with Gasteiger partial charge in [-0.05, 0) is 38.2 Å². The Morgan fingerprint density at radius 1 is 1.36 bits per heavy atom. The first-order valence-corrected chi connectivity index (χ1v) is 8.56. The second-order valence-corrected chi connectivity index (χ2v) is 6.74. The molecule has 0 saturated heterocycles. The number of hydrogen-bond donors (Lipinski definition) is 0. The Kier molecular flexibility index (Phi) is 4.78. The predicted molar refractivity (Wildman–Crippen MR) is 96.7 cm³/mol. The second kappa shape index (κ2) is 6.13. The number of amidine groups is 1. The molecule has 6 heteroatoms. The van der Waals surface area contributed by atoms with Crippen LogP contribution in [0, 0.1) is 0 Å². The highest BCUT2D eigenvalue weighted by molar-refractivity contribution is 7.98. The van der Waals surface area contributed by atoms with Crippen LogP contribution < -0.4 is 0 Å². The zero-order chi connectivity index (χ0) is 15.3. The van der Waals surface area contributed by atoms with E-state index in [1.54, 1.807) is 11.8 Å². The first kappa shape index (κ1) is 17.2. The highest BCUT2D eigenvalue weighted by atomic mass is 35.5. The summed E-state index contributed by atoms with van der Waals surface area (Å²) >= 11 is 8.18. The third kappa shape index (κ3) is 2.50. The van der Waals surface area contributed by atoms with Crippen molar-refractivity contribution in [3.63, 3.8) is 0 Å². The lowest BCUT2D eigenvalue weighted by atomic mass is 10.0. The molecule has 0 bridgehead atoms. The zero-order valence-electron chi connectivity index (χ0n) is 12.9. The Morgan fingerprint density at radius 2 is 2.05 bits per heavy atom. The summed E-state index contributed by atoms with van der Waals surface area (Å²) in [5, 5.41) is 6.36. The number of nitrogens with zero attached hydrogens (tertiary/aromatic N) is 4. The summed E-state index contributed by atoms with van der Waals surface area (Å²) in [5.41, 5.74) is 4.34. The number of aryl methyl sites for hydroxylation is 1. The van der Waals surface area contributed by atoms with Crippen molar-refractivity contribution in [2.24, 2.45) is 12.0 Å². The van der Waals surface area contributed by atoms with E-state index in [1.165, 1.54) is 11.1 Å². The van der Waals surface area contributed by atoms with Gasteiger partial charge in [-0.15, -0.1) is 11.8 Å². The zero-order valence-corrected chi connectivity index (χ0v) is 14.5. The van der Waals surface area contributed by atoms with E-state index in [0.717, 1.165) is 33.8 Å². The summed E-state index contributed by atoms with van der Waals surface area (Å²) in [5.74, 6) is 1.05. The van der Waals surface area contributed by atoms with Crippen LogP contribution in [0.15, 0.2) is 27.2 Å². The summed E-state index contributed by atoms with van der Waals surface area (Å²) in [4.78, 5) is 7.00. The van der Waals surface area contributed by atoms with Gasteiger partial charge >= 0.3 is 0 Å². The monoisotopic (exact) mass is 338 g/mol. The van der Waals surface area contributed by atoms with Gasteiger partial charge in [0.05, 0.1) is 11.7 Å². The number of thioether (sulfide) groups is 1. The molecule has 1 unspecified atom stereocenters. The molecule has 1 aromatic heterocycles. The van der Waals surface area contributed by atoms with E-state index >= 15 is 0 Å². The largest absolute Gasteiger partial charge is 0.322 e. The average molecular weight is 339 g/mol. The van der Waals surface area contributed by atoms with Crippen LogP contribution in [-0.2, 0) is 7.05 Å². The van der Waals surface area contributed by atoms with Crippen molar-refractivity contribution in [1.29, 1.82) is 0 Å². The Bertz CT molecular complexity index is 699. The van der Waals surface area contributed by atoms with E-state index in [4.69, 9.17) is 16.6 Å². The Hall–Kier alpha value is -1.20. The topological polar surface area (TPSA) is 33.4 Å². The molecule has 1 aromatic rings. The molecule has 3 rings (SSSR count). The molecule has 2 aliphatic heterocycles. The van der Waals surface area contributed by atoms with Crippen LogP contribution in [0.4, 0.5) is 0 Å². The maximum atomic E-state index is 6.57. The maximum Gasteiger partial charge on any atom is 0.131 e. The molecule has 0 aliphatic carbocycles. The summed E-state index contributed by atoms with van der Waals surface area (Å²) in [6.07, 6.45) is 4.19. The van der Waals surface area contributed by atoms with Crippen molar-refractivity contribution in [3.8, 4) is 0 Å². The van der Waals surface area contributed by atoms with Crippen LogP contribution >= 0.6 is 23.4 Å². The molecule has 0 saturated carbocycles. The lowest BCUT2D eigenvalue weighted by molar-refractivity contribution is 0.568. The number of rotatable bonds is 2. The van der Waals surface area contributed by atoms with Crippen molar-refractivity contribution in [2.75, 3.05) is 12.8 Å². The maximum absolute atomic E-state index is 6.57. The molecule has 2 aliphatic rings. The van der Waals surface area contributed by atoms with Gasteiger partial charge in [0, 0.05) is 13.6 Å². The van der Waals surface area contributed by atoms with E-state index in [-0.39, 0.29) is 7.43 Å². The quantitative estimate of drug-likeness (QED) is 0.757. The average Bonchev–Trinajstić information content (AvgIpc) is 2.91. The van der Waals surface area contributed by atoms with Gasteiger partial charge in [-0.2, -0.15) is 5.10 Å². The second-order valence-electron chi connectivity index (χ2n) is 5.57. The fraction of sp³-hybridized carbons (Fsp3) is 0.500. The van der Waals surface area contributed by atoms with Crippen LogP contribution in [0.5, 0.6) is 0 Å². The van der Waals surface area contributed by atoms with Gasteiger partial charge in [0.1, 0.15) is 21.6 Å². The number of hydrogen-bond acceptors (Lipinski definition) is 4. The Labute approximate surface area is 141 Å². The summed E-state index contributed by atoms with van der Waals surface area (Å²) in [6, 6.07) is 0.298.